The number of hydrogen-bond donors (Lipinski definition) is 1. The number of hydrogen-bond acceptors (Lipinski definition) is 2. The maximum Gasteiger partial charge on any atom is 0.270 e. The summed E-state index contributed by atoms with van der Waals surface area (Å²) in [7, 11) is 0. The van der Waals surface area contributed by atoms with Gasteiger partial charge in [-0.3, -0.25) is 9.59 Å². The van der Waals surface area contributed by atoms with Gasteiger partial charge in [-0.1, -0.05) is 19.1 Å². The van der Waals surface area contributed by atoms with E-state index in [1.165, 1.54) is 11.1 Å². The maximum atomic E-state index is 12.5. The van der Waals surface area contributed by atoms with E-state index in [1.807, 2.05) is 15.9 Å². The molecule has 4 rings (SSSR count). The lowest BCUT2D eigenvalue weighted by molar-refractivity contribution is -0.128. The van der Waals surface area contributed by atoms with Gasteiger partial charge in [0.2, 0.25) is 5.91 Å². The van der Waals surface area contributed by atoms with Gasteiger partial charge in [0, 0.05) is 44.0 Å². The third kappa shape index (κ3) is 2.91. The highest BCUT2D eigenvalue weighted by Gasteiger charge is 2.24. The van der Waals surface area contributed by atoms with Crippen molar-refractivity contribution < 1.29 is 9.59 Å². The van der Waals surface area contributed by atoms with Gasteiger partial charge >= 0.3 is 0 Å². The van der Waals surface area contributed by atoms with Crippen LogP contribution in [0.5, 0.6) is 0 Å². The first-order valence-corrected chi connectivity index (χ1v) is 9.46. The average Bonchev–Trinajstić information content (AvgIpc) is 3.03. The van der Waals surface area contributed by atoms with Crippen molar-refractivity contribution in [1.29, 1.82) is 0 Å². The number of amides is 2. The number of aryl methyl sites for hydroxylation is 1. The van der Waals surface area contributed by atoms with Gasteiger partial charge in [0.25, 0.3) is 5.91 Å². The van der Waals surface area contributed by atoms with E-state index >= 15 is 0 Å². The highest BCUT2D eigenvalue weighted by Crippen LogP contribution is 2.29. The summed E-state index contributed by atoms with van der Waals surface area (Å²) in [6.07, 6.45) is 5.12. The molecule has 5 nitrogen and oxygen atoms in total. The molecule has 2 amide bonds. The summed E-state index contributed by atoms with van der Waals surface area (Å²) in [5.41, 5.74) is 5.24. The van der Waals surface area contributed by atoms with E-state index in [4.69, 9.17) is 0 Å². The molecule has 1 aromatic heterocycles. The Morgan fingerprint density at radius 1 is 1.12 bits per heavy atom. The van der Waals surface area contributed by atoms with Gasteiger partial charge in [-0.05, 0) is 48.1 Å². The van der Waals surface area contributed by atoms with Crippen molar-refractivity contribution in [1.82, 2.24) is 14.8 Å². The Kier molecular flexibility index (Phi) is 4.31. The molecule has 2 aromatic rings. The molecule has 0 radical (unpaired) electrons. The molecule has 2 aliphatic rings. The van der Waals surface area contributed by atoms with Gasteiger partial charge in [0.1, 0.15) is 5.69 Å². The quantitative estimate of drug-likeness (QED) is 0.923. The summed E-state index contributed by atoms with van der Waals surface area (Å²) in [5.74, 6) is 0.213. The lowest BCUT2D eigenvalue weighted by Crippen LogP contribution is -2.42. The number of nitrogens with one attached hydrogen (secondary N) is 1. The van der Waals surface area contributed by atoms with Crippen LogP contribution in [0.25, 0.3) is 16.5 Å². The van der Waals surface area contributed by atoms with Crippen LogP contribution in [0.2, 0.25) is 0 Å². The number of rotatable bonds is 3. The number of carbonyl (C=O) groups excluding carboxylic acids is 2. The topological polar surface area (TPSA) is 56.4 Å². The van der Waals surface area contributed by atoms with Crippen LogP contribution in [0.15, 0.2) is 24.3 Å². The average molecular weight is 351 g/mol. The van der Waals surface area contributed by atoms with E-state index in [2.05, 4.69) is 30.1 Å². The minimum atomic E-state index is 0.0932. The van der Waals surface area contributed by atoms with Crippen LogP contribution in [0.3, 0.4) is 0 Å². The Balaban J connectivity index is 1.71. The van der Waals surface area contributed by atoms with E-state index in [-0.39, 0.29) is 11.8 Å². The molecule has 0 unspecified atom stereocenters. The number of carbonyl (C=O) groups is 2. The van der Waals surface area contributed by atoms with Gasteiger partial charge in [0.05, 0.1) is 0 Å². The smallest absolute Gasteiger partial charge is 0.270 e. The van der Waals surface area contributed by atoms with Crippen molar-refractivity contribution in [3.05, 3.63) is 41.1 Å². The standard InChI is InChI=1S/C21H25N3O2/c1-3-15-10-17(16-6-4-7-24(13-16)14(2)25)11-19-18(15)12-20(22-19)21(26)23-8-5-9-23/h6,10-12,22H,3-5,7-9,13H2,1-2H3. The van der Waals surface area contributed by atoms with Crippen LogP contribution in [0, 0.1) is 0 Å². The number of nitrogens with zero attached hydrogens (tertiary/aromatic N) is 2. The minimum absolute atomic E-state index is 0.0932. The third-order valence-electron chi connectivity index (χ3n) is 5.55. The van der Waals surface area contributed by atoms with Crippen LogP contribution in [-0.2, 0) is 11.2 Å². The molecule has 2 aliphatic heterocycles. The van der Waals surface area contributed by atoms with Crippen molar-refractivity contribution in [2.45, 2.75) is 33.1 Å². The SMILES string of the molecule is CCc1cc(C2=CCCN(C(C)=O)C2)cc2[nH]c(C(=O)N3CCC3)cc12. The molecule has 1 saturated heterocycles. The maximum absolute atomic E-state index is 12.5. The Morgan fingerprint density at radius 2 is 1.92 bits per heavy atom. The predicted octanol–water partition coefficient (Wildman–Crippen LogP) is 3.21. The van der Waals surface area contributed by atoms with Gasteiger partial charge in [-0.15, -0.1) is 0 Å². The molecule has 0 aliphatic carbocycles. The van der Waals surface area contributed by atoms with Crippen molar-refractivity contribution in [3.63, 3.8) is 0 Å². The first-order chi connectivity index (χ1) is 12.6. The minimum Gasteiger partial charge on any atom is -0.350 e. The van der Waals surface area contributed by atoms with E-state index in [0.717, 1.165) is 55.4 Å². The largest absolute Gasteiger partial charge is 0.350 e. The summed E-state index contributed by atoms with van der Waals surface area (Å²) in [5, 5.41) is 1.12. The van der Waals surface area contributed by atoms with E-state index in [1.54, 1.807) is 6.92 Å². The number of fused-ring (bicyclic) bond motifs is 1. The summed E-state index contributed by atoms with van der Waals surface area (Å²) >= 11 is 0. The Bertz CT molecular complexity index is 905. The zero-order chi connectivity index (χ0) is 18.3. The van der Waals surface area contributed by atoms with E-state index in [9.17, 15) is 9.59 Å². The van der Waals surface area contributed by atoms with Crippen molar-refractivity contribution in [2.75, 3.05) is 26.2 Å². The Morgan fingerprint density at radius 3 is 2.58 bits per heavy atom. The molecule has 0 bridgehead atoms. The molecule has 0 spiro atoms. The molecule has 5 heteroatoms. The number of likely N-dealkylation sites (tertiary alicyclic amines) is 1. The Labute approximate surface area is 153 Å². The normalized spacial score (nSPS) is 17.2. The van der Waals surface area contributed by atoms with Crippen molar-refractivity contribution in [3.8, 4) is 0 Å². The third-order valence-corrected chi connectivity index (χ3v) is 5.55. The summed E-state index contributed by atoms with van der Waals surface area (Å²) in [6.45, 7) is 6.92. The van der Waals surface area contributed by atoms with Gasteiger partial charge in [0.15, 0.2) is 0 Å². The number of aromatic nitrogens is 1. The fraction of sp³-hybridized carbons (Fsp3) is 0.429. The zero-order valence-corrected chi connectivity index (χ0v) is 15.5. The molecule has 26 heavy (non-hydrogen) atoms. The molecule has 0 atom stereocenters. The molecular weight excluding hydrogens is 326 g/mol. The Hall–Kier alpha value is -2.56. The van der Waals surface area contributed by atoms with Crippen LogP contribution in [0.4, 0.5) is 0 Å². The van der Waals surface area contributed by atoms with Crippen molar-refractivity contribution >= 4 is 28.3 Å². The molecule has 1 fully saturated rings. The summed E-state index contributed by atoms with van der Waals surface area (Å²) in [6, 6.07) is 6.33. The number of H-pyrrole nitrogens is 1. The fourth-order valence-electron chi connectivity index (χ4n) is 3.82. The zero-order valence-electron chi connectivity index (χ0n) is 15.5. The van der Waals surface area contributed by atoms with Gasteiger partial charge in [-0.25, -0.2) is 0 Å². The summed E-state index contributed by atoms with van der Waals surface area (Å²) in [4.78, 5) is 31.4. The number of aromatic amines is 1. The van der Waals surface area contributed by atoms with Crippen molar-refractivity contribution in [2.24, 2.45) is 0 Å². The lowest BCUT2D eigenvalue weighted by atomic mass is 9.96. The summed E-state index contributed by atoms with van der Waals surface area (Å²) < 4.78 is 0. The van der Waals surface area contributed by atoms with Gasteiger partial charge < -0.3 is 14.8 Å². The van der Waals surface area contributed by atoms with Crippen LogP contribution in [-0.4, -0.2) is 52.8 Å². The van der Waals surface area contributed by atoms with E-state index in [0.29, 0.717) is 12.2 Å². The fourth-order valence-corrected chi connectivity index (χ4v) is 3.82. The predicted molar refractivity (Wildman–Crippen MR) is 103 cm³/mol. The molecule has 3 heterocycles. The molecule has 1 N–H and O–H groups in total. The first kappa shape index (κ1) is 16.9. The highest BCUT2D eigenvalue weighted by atomic mass is 16.2. The lowest BCUT2D eigenvalue weighted by Gasteiger charge is -2.30. The number of benzene rings is 1. The molecule has 0 saturated carbocycles. The van der Waals surface area contributed by atoms with Crippen LogP contribution >= 0.6 is 0 Å². The van der Waals surface area contributed by atoms with Crippen LogP contribution in [0.1, 0.15) is 48.3 Å². The van der Waals surface area contributed by atoms with E-state index < -0.39 is 0 Å². The molecule has 1 aromatic carbocycles. The monoisotopic (exact) mass is 351 g/mol. The molecular formula is C21H25N3O2. The second-order valence-corrected chi connectivity index (χ2v) is 7.24. The van der Waals surface area contributed by atoms with Gasteiger partial charge in [-0.2, -0.15) is 0 Å². The second-order valence-electron chi connectivity index (χ2n) is 7.24. The van der Waals surface area contributed by atoms with Crippen LogP contribution < -0.4 is 0 Å². The second kappa shape index (κ2) is 6.63. The highest BCUT2D eigenvalue weighted by molar-refractivity contribution is 6.00. The first-order valence-electron chi connectivity index (χ1n) is 9.46. The molecule has 136 valence electrons.